The summed E-state index contributed by atoms with van der Waals surface area (Å²) in [5.41, 5.74) is -0.957. The highest BCUT2D eigenvalue weighted by Crippen LogP contribution is 2.30. The number of nitrogens with one attached hydrogen (secondary N) is 2. The van der Waals surface area contributed by atoms with E-state index in [1.54, 1.807) is 0 Å². The topological polar surface area (TPSA) is 118 Å². The van der Waals surface area contributed by atoms with Crippen LogP contribution < -0.4 is 15.8 Å². The Morgan fingerprint density at radius 2 is 1.44 bits per heavy atom. The van der Waals surface area contributed by atoms with Crippen LogP contribution in [0.15, 0.2) is 53.4 Å². The Balaban J connectivity index is 2.00. The highest BCUT2D eigenvalue weighted by molar-refractivity contribution is 7.89. The Bertz CT molecular complexity index is 975. The van der Waals surface area contributed by atoms with E-state index in [-0.39, 0.29) is 16.3 Å². The fourth-order valence-electron chi connectivity index (χ4n) is 2.08. The normalized spacial score (nSPS) is 11.7. The smallest absolute Gasteiger partial charge is 0.326 e. The van der Waals surface area contributed by atoms with Crippen LogP contribution in [-0.2, 0) is 25.8 Å². The van der Waals surface area contributed by atoms with Gasteiger partial charge in [0.25, 0.3) is 0 Å². The summed E-state index contributed by atoms with van der Waals surface area (Å²) in [6.45, 7) is 0. The molecule has 144 valence electrons. The van der Waals surface area contributed by atoms with Crippen LogP contribution in [0.25, 0.3) is 0 Å². The SMILES string of the molecule is NS(=O)(=O)c1cccc(NC(=O)CC(=O)Nc2cccc(C(F)(F)F)c2)c1. The Morgan fingerprint density at radius 1 is 0.926 bits per heavy atom. The number of halogens is 3. The summed E-state index contributed by atoms with van der Waals surface area (Å²) in [5.74, 6) is -1.62. The maximum absolute atomic E-state index is 12.6. The summed E-state index contributed by atoms with van der Waals surface area (Å²) >= 11 is 0. The quantitative estimate of drug-likeness (QED) is 0.666. The number of carbonyl (C=O) groups excluding carboxylic acids is 2. The molecule has 0 aliphatic rings. The number of hydrogen-bond donors (Lipinski definition) is 3. The summed E-state index contributed by atoms with van der Waals surface area (Å²) in [7, 11) is -3.96. The van der Waals surface area contributed by atoms with Gasteiger partial charge in [-0.1, -0.05) is 12.1 Å². The molecule has 2 rings (SSSR count). The molecule has 0 saturated carbocycles. The molecule has 0 aliphatic carbocycles. The third-order valence-electron chi connectivity index (χ3n) is 3.24. The molecule has 4 N–H and O–H groups in total. The van der Waals surface area contributed by atoms with Gasteiger partial charge in [-0.2, -0.15) is 13.2 Å². The Morgan fingerprint density at radius 3 is 1.96 bits per heavy atom. The zero-order valence-electron chi connectivity index (χ0n) is 13.6. The van der Waals surface area contributed by atoms with E-state index < -0.39 is 40.0 Å². The number of alkyl halides is 3. The van der Waals surface area contributed by atoms with Crippen molar-refractivity contribution in [2.75, 3.05) is 10.6 Å². The molecule has 0 unspecified atom stereocenters. The lowest BCUT2D eigenvalue weighted by Gasteiger charge is -2.10. The second-order valence-corrected chi connectivity index (χ2v) is 6.99. The van der Waals surface area contributed by atoms with Gasteiger partial charge in [0, 0.05) is 11.4 Å². The third kappa shape index (κ3) is 6.08. The number of hydrogen-bond acceptors (Lipinski definition) is 4. The fourth-order valence-corrected chi connectivity index (χ4v) is 2.64. The number of primary sulfonamides is 1. The lowest BCUT2D eigenvalue weighted by Crippen LogP contribution is -2.22. The molecule has 2 amide bonds. The van der Waals surface area contributed by atoms with E-state index in [1.807, 2.05) is 0 Å². The standard InChI is InChI=1S/C16H14F3N3O4S/c17-16(18,19)10-3-1-4-11(7-10)21-14(23)9-15(24)22-12-5-2-6-13(8-12)27(20,25)26/h1-8H,9H2,(H,21,23)(H,22,24)(H2,20,25,26). The average Bonchev–Trinajstić information content (AvgIpc) is 2.53. The van der Waals surface area contributed by atoms with Crippen molar-refractivity contribution in [1.82, 2.24) is 0 Å². The molecule has 0 heterocycles. The minimum atomic E-state index is -4.56. The Labute approximate surface area is 152 Å². The van der Waals surface area contributed by atoms with Crippen molar-refractivity contribution in [2.45, 2.75) is 17.5 Å². The van der Waals surface area contributed by atoms with Gasteiger partial charge in [0.05, 0.1) is 10.5 Å². The molecule has 0 spiro atoms. The molecule has 11 heteroatoms. The molecule has 2 aromatic rings. The maximum Gasteiger partial charge on any atom is 0.416 e. The van der Waals surface area contributed by atoms with E-state index in [0.717, 1.165) is 24.3 Å². The highest BCUT2D eigenvalue weighted by Gasteiger charge is 2.30. The first-order chi connectivity index (χ1) is 12.4. The van der Waals surface area contributed by atoms with Crippen LogP contribution in [0.5, 0.6) is 0 Å². The van der Waals surface area contributed by atoms with Crippen molar-refractivity contribution in [3.8, 4) is 0 Å². The molecule has 0 atom stereocenters. The van der Waals surface area contributed by atoms with Crippen molar-refractivity contribution in [1.29, 1.82) is 0 Å². The van der Waals surface area contributed by atoms with E-state index in [0.29, 0.717) is 0 Å². The maximum atomic E-state index is 12.6. The first-order valence-electron chi connectivity index (χ1n) is 7.35. The van der Waals surface area contributed by atoms with Crippen LogP contribution in [-0.4, -0.2) is 20.2 Å². The van der Waals surface area contributed by atoms with Crippen LogP contribution in [0.3, 0.4) is 0 Å². The number of carbonyl (C=O) groups is 2. The van der Waals surface area contributed by atoms with Crippen molar-refractivity contribution in [3.63, 3.8) is 0 Å². The molecule has 7 nitrogen and oxygen atoms in total. The third-order valence-corrected chi connectivity index (χ3v) is 4.15. The summed E-state index contributed by atoms with van der Waals surface area (Å²) in [6.07, 6.45) is -5.25. The predicted molar refractivity (Wildman–Crippen MR) is 91.1 cm³/mol. The van der Waals surface area contributed by atoms with Gasteiger partial charge in [0.2, 0.25) is 21.8 Å². The first kappa shape index (κ1) is 20.4. The van der Waals surface area contributed by atoms with Gasteiger partial charge in [-0.05, 0) is 36.4 Å². The second kappa shape index (κ2) is 7.76. The van der Waals surface area contributed by atoms with Gasteiger partial charge in [-0.25, -0.2) is 13.6 Å². The molecular weight excluding hydrogens is 387 g/mol. The number of amides is 2. The fraction of sp³-hybridized carbons (Fsp3) is 0.125. The van der Waals surface area contributed by atoms with Crippen molar-refractivity contribution in [2.24, 2.45) is 5.14 Å². The van der Waals surface area contributed by atoms with Crippen LogP contribution in [0.4, 0.5) is 24.5 Å². The molecule has 0 fully saturated rings. The van der Waals surface area contributed by atoms with Crippen LogP contribution in [0.1, 0.15) is 12.0 Å². The minimum Gasteiger partial charge on any atom is -0.326 e. The minimum absolute atomic E-state index is 0.0957. The summed E-state index contributed by atoms with van der Waals surface area (Å²) in [6, 6.07) is 9.03. The van der Waals surface area contributed by atoms with E-state index in [9.17, 15) is 31.2 Å². The molecule has 27 heavy (non-hydrogen) atoms. The number of sulfonamides is 1. The second-order valence-electron chi connectivity index (χ2n) is 5.42. The van der Waals surface area contributed by atoms with Gasteiger partial charge in [-0.15, -0.1) is 0 Å². The van der Waals surface area contributed by atoms with E-state index >= 15 is 0 Å². The summed E-state index contributed by atoms with van der Waals surface area (Å²) in [4.78, 5) is 23.5. The van der Waals surface area contributed by atoms with Crippen molar-refractivity contribution in [3.05, 3.63) is 54.1 Å². The van der Waals surface area contributed by atoms with Crippen LogP contribution in [0, 0.1) is 0 Å². The van der Waals surface area contributed by atoms with E-state index in [4.69, 9.17) is 5.14 Å². The molecule has 0 aliphatic heterocycles. The molecule has 2 aromatic carbocycles. The van der Waals surface area contributed by atoms with E-state index in [2.05, 4.69) is 10.6 Å². The predicted octanol–water partition coefficient (Wildman–Crippen LogP) is 2.32. The molecule has 0 aromatic heterocycles. The molecule has 0 bridgehead atoms. The average molecular weight is 401 g/mol. The monoisotopic (exact) mass is 401 g/mol. The lowest BCUT2D eigenvalue weighted by atomic mass is 10.2. The van der Waals surface area contributed by atoms with Gasteiger partial charge in [-0.3, -0.25) is 9.59 Å². The Hall–Kier alpha value is -2.92. The van der Waals surface area contributed by atoms with Crippen LogP contribution in [0.2, 0.25) is 0 Å². The van der Waals surface area contributed by atoms with Gasteiger partial charge < -0.3 is 10.6 Å². The summed E-state index contributed by atoms with van der Waals surface area (Å²) in [5, 5.41) is 9.48. The molecule has 0 radical (unpaired) electrons. The van der Waals surface area contributed by atoms with Gasteiger partial charge >= 0.3 is 6.18 Å². The number of anilines is 2. The molecule has 0 saturated heterocycles. The lowest BCUT2D eigenvalue weighted by molar-refractivity contribution is -0.137. The number of nitrogens with two attached hydrogens (primary N) is 1. The van der Waals surface area contributed by atoms with Crippen LogP contribution >= 0.6 is 0 Å². The first-order valence-corrected chi connectivity index (χ1v) is 8.89. The summed E-state index contributed by atoms with van der Waals surface area (Å²) < 4.78 is 60.5. The Kier molecular flexibility index (Phi) is 5.86. The zero-order valence-corrected chi connectivity index (χ0v) is 14.4. The zero-order chi connectivity index (χ0) is 20.2. The van der Waals surface area contributed by atoms with Gasteiger partial charge in [0.1, 0.15) is 6.42 Å². The number of rotatable bonds is 5. The van der Waals surface area contributed by atoms with Crippen molar-refractivity contribution < 1.29 is 31.2 Å². The highest BCUT2D eigenvalue weighted by atomic mass is 32.2. The number of benzene rings is 2. The van der Waals surface area contributed by atoms with Crippen molar-refractivity contribution >= 4 is 33.2 Å². The van der Waals surface area contributed by atoms with E-state index in [1.165, 1.54) is 24.3 Å². The largest absolute Gasteiger partial charge is 0.416 e. The molecular formula is C16H14F3N3O4S. The van der Waals surface area contributed by atoms with Gasteiger partial charge in [0.15, 0.2) is 0 Å².